The van der Waals surface area contributed by atoms with Crippen LogP contribution in [-0.2, 0) is 30.9 Å². The van der Waals surface area contributed by atoms with E-state index in [1.807, 2.05) is 37.3 Å². The number of halogens is 1. The molecule has 0 saturated carbocycles. The summed E-state index contributed by atoms with van der Waals surface area (Å²) in [5.74, 6) is -1.45. The van der Waals surface area contributed by atoms with Gasteiger partial charge in [0.2, 0.25) is 10.0 Å². The van der Waals surface area contributed by atoms with Crippen molar-refractivity contribution in [3.8, 4) is 0 Å². The Kier molecular flexibility index (Phi) is 8.28. The second-order valence-electron chi connectivity index (χ2n) is 7.66. The van der Waals surface area contributed by atoms with Gasteiger partial charge in [-0.2, -0.15) is 4.31 Å². The van der Waals surface area contributed by atoms with Gasteiger partial charge in [-0.3, -0.25) is 9.59 Å². The smallest absolute Gasteiger partial charge is 0.310 e. The Morgan fingerprint density at radius 1 is 1.12 bits per heavy atom. The molecule has 1 saturated heterocycles. The molecular formula is C23H27ClN2O5S. The minimum absolute atomic E-state index is 0.0273. The normalized spacial score (nSPS) is 17.0. The average Bonchev–Trinajstić information content (AvgIpc) is 2.81. The monoisotopic (exact) mass is 478 g/mol. The molecule has 0 aliphatic carbocycles. The highest BCUT2D eigenvalue weighted by Gasteiger charge is 2.34. The quantitative estimate of drug-likeness (QED) is 0.543. The summed E-state index contributed by atoms with van der Waals surface area (Å²) in [5.41, 5.74) is 0.990. The van der Waals surface area contributed by atoms with Gasteiger partial charge < -0.3 is 9.64 Å². The minimum atomic E-state index is -3.74. The average molecular weight is 479 g/mol. The van der Waals surface area contributed by atoms with Crippen LogP contribution in [0.25, 0.3) is 0 Å². The van der Waals surface area contributed by atoms with Crippen molar-refractivity contribution in [2.24, 2.45) is 5.92 Å². The zero-order chi connectivity index (χ0) is 23.1. The number of likely N-dealkylation sites (N-methyl/N-ethyl adjacent to an activating group) is 1. The number of rotatable bonds is 8. The molecule has 0 aromatic heterocycles. The molecule has 3 rings (SSSR count). The molecule has 2 aromatic carbocycles. The molecule has 1 amide bonds. The molecule has 1 heterocycles. The van der Waals surface area contributed by atoms with Crippen molar-refractivity contribution in [3.63, 3.8) is 0 Å². The molecule has 9 heteroatoms. The standard InChI is InChI=1S/C23H27ClN2O5S/c1-2-25(15-18-7-4-3-5-8-18)22(27)17-31-23(28)19-9-6-14-26(16-19)32(29,30)21-12-10-20(24)11-13-21/h3-5,7-8,10-13,19H,2,6,9,14-17H2,1H3. The van der Waals surface area contributed by atoms with Gasteiger partial charge in [0.15, 0.2) is 6.61 Å². The first kappa shape index (κ1) is 24.2. The summed E-state index contributed by atoms with van der Waals surface area (Å²) >= 11 is 5.85. The Labute approximate surface area is 194 Å². The van der Waals surface area contributed by atoms with Crippen LogP contribution in [-0.4, -0.2) is 55.7 Å². The van der Waals surface area contributed by atoms with Crippen molar-refractivity contribution in [2.45, 2.75) is 31.2 Å². The van der Waals surface area contributed by atoms with Crippen LogP contribution in [0.4, 0.5) is 0 Å². The molecule has 1 atom stereocenters. The summed E-state index contributed by atoms with van der Waals surface area (Å²) in [4.78, 5) is 26.9. The first-order chi connectivity index (χ1) is 15.3. The molecule has 32 heavy (non-hydrogen) atoms. The molecule has 1 aliphatic heterocycles. The molecule has 2 aromatic rings. The number of hydrogen-bond donors (Lipinski definition) is 0. The Hall–Kier alpha value is -2.42. The van der Waals surface area contributed by atoms with Crippen LogP contribution < -0.4 is 0 Å². The lowest BCUT2D eigenvalue weighted by Crippen LogP contribution is -2.43. The zero-order valence-corrected chi connectivity index (χ0v) is 19.5. The van der Waals surface area contributed by atoms with Gasteiger partial charge in [-0.15, -0.1) is 0 Å². The number of benzene rings is 2. The number of nitrogens with zero attached hydrogens (tertiary/aromatic N) is 2. The largest absolute Gasteiger partial charge is 0.455 e. The van der Waals surface area contributed by atoms with Crippen molar-refractivity contribution in [2.75, 3.05) is 26.2 Å². The van der Waals surface area contributed by atoms with Crippen LogP contribution in [0.5, 0.6) is 0 Å². The number of esters is 1. The predicted molar refractivity (Wildman–Crippen MR) is 121 cm³/mol. The predicted octanol–water partition coefficient (Wildman–Crippen LogP) is 3.33. The number of carbonyl (C=O) groups excluding carboxylic acids is 2. The molecule has 172 valence electrons. The lowest BCUT2D eigenvalue weighted by atomic mass is 10.00. The van der Waals surface area contributed by atoms with E-state index in [1.54, 1.807) is 4.90 Å². The first-order valence-corrected chi connectivity index (χ1v) is 12.4. The molecule has 1 aliphatic rings. The van der Waals surface area contributed by atoms with Crippen molar-refractivity contribution >= 4 is 33.5 Å². The van der Waals surface area contributed by atoms with E-state index in [0.717, 1.165) is 5.56 Å². The van der Waals surface area contributed by atoms with E-state index in [2.05, 4.69) is 0 Å². The molecule has 7 nitrogen and oxygen atoms in total. The number of piperidine rings is 1. The highest BCUT2D eigenvalue weighted by molar-refractivity contribution is 7.89. The number of amides is 1. The third kappa shape index (κ3) is 6.09. The van der Waals surface area contributed by atoms with Gasteiger partial charge in [-0.05, 0) is 49.6 Å². The van der Waals surface area contributed by atoms with Crippen molar-refractivity contribution in [3.05, 3.63) is 65.2 Å². The SMILES string of the molecule is CCN(Cc1ccccc1)C(=O)COC(=O)C1CCCN(S(=O)(=O)c2ccc(Cl)cc2)C1. The van der Waals surface area contributed by atoms with Gasteiger partial charge in [0.1, 0.15) is 0 Å². The Morgan fingerprint density at radius 2 is 1.81 bits per heavy atom. The summed E-state index contributed by atoms with van der Waals surface area (Å²) in [6.45, 7) is 2.78. The van der Waals surface area contributed by atoms with Gasteiger partial charge in [0.05, 0.1) is 10.8 Å². The summed E-state index contributed by atoms with van der Waals surface area (Å²) in [7, 11) is -3.74. The van der Waals surface area contributed by atoms with Gasteiger partial charge in [-0.25, -0.2) is 8.42 Å². The van der Waals surface area contributed by atoms with Gasteiger partial charge in [0, 0.05) is 31.2 Å². The van der Waals surface area contributed by atoms with Crippen molar-refractivity contribution in [1.82, 2.24) is 9.21 Å². The fourth-order valence-corrected chi connectivity index (χ4v) is 5.28. The van der Waals surface area contributed by atoms with Crippen LogP contribution in [0.1, 0.15) is 25.3 Å². The Balaban J connectivity index is 1.56. The van der Waals surface area contributed by atoms with E-state index in [1.165, 1.54) is 28.6 Å². The summed E-state index contributed by atoms with van der Waals surface area (Å²) in [6.07, 6.45) is 1.05. The van der Waals surface area contributed by atoms with Crippen LogP contribution >= 0.6 is 11.6 Å². The van der Waals surface area contributed by atoms with E-state index in [-0.39, 0.29) is 24.0 Å². The maximum absolute atomic E-state index is 12.9. The summed E-state index contributed by atoms with van der Waals surface area (Å²) in [5, 5.41) is 0.446. The fourth-order valence-electron chi connectivity index (χ4n) is 3.63. The van der Waals surface area contributed by atoms with Crippen LogP contribution in [0, 0.1) is 5.92 Å². The number of carbonyl (C=O) groups is 2. The third-order valence-electron chi connectivity index (χ3n) is 5.46. The topological polar surface area (TPSA) is 84.0 Å². The Bertz CT molecular complexity index is 1030. The lowest BCUT2D eigenvalue weighted by molar-refractivity contribution is -0.156. The van der Waals surface area contributed by atoms with Crippen molar-refractivity contribution < 1.29 is 22.7 Å². The van der Waals surface area contributed by atoms with Crippen LogP contribution in [0.3, 0.4) is 0 Å². The maximum atomic E-state index is 12.9. The highest BCUT2D eigenvalue weighted by Crippen LogP contribution is 2.25. The second kappa shape index (κ2) is 10.9. The Morgan fingerprint density at radius 3 is 2.47 bits per heavy atom. The first-order valence-electron chi connectivity index (χ1n) is 10.6. The van der Waals surface area contributed by atoms with E-state index >= 15 is 0 Å². The minimum Gasteiger partial charge on any atom is -0.455 e. The summed E-state index contributed by atoms with van der Waals surface area (Å²) < 4.78 is 32.4. The van der Waals surface area contributed by atoms with E-state index < -0.39 is 21.9 Å². The molecule has 0 bridgehead atoms. The molecule has 1 fully saturated rings. The summed E-state index contributed by atoms with van der Waals surface area (Å²) in [6, 6.07) is 15.5. The van der Waals surface area contributed by atoms with E-state index in [0.29, 0.717) is 37.5 Å². The highest BCUT2D eigenvalue weighted by atomic mass is 35.5. The maximum Gasteiger partial charge on any atom is 0.310 e. The second-order valence-corrected chi connectivity index (χ2v) is 10.0. The zero-order valence-electron chi connectivity index (χ0n) is 17.9. The fraction of sp³-hybridized carbons (Fsp3) is 0.391. The van der Waals surface area contributed by atoms with E-state index in [4.69, 9.17) is 16.3 Å². The number of ether oxygens (including phenoxy) is 1. The lowest BCUT2D eigenvalue weighted by Gasteiger charge is -2.31. The molecule has 1 unspecified atom stereocenters. The molecule has 0 radical (unpaired) electrons. The van der Waals surface area contributed by atoms with Gasteiger partial charge in [-0.1, -0.05) is 41.9 Å². The van der Waals surface area contributed by atoms with Gasteiger partial charge in [0.25, 0.3) is 5.91 Å². The van der Waals surface area contributed by atoms with Crippen LogP contribution in [0.15, 0.2) is 59.5 Å². The number of sulfonamides is 1. The number of hydrogen-bond acceptors (Lipinski definition) is 5. The van der Waals surface area contributed by atoms with Crippen molar-refractivity contribution in [1.29, 1.82) is 0 Å². The van der Waals surface area contributed by atoms with Gasteiger partial charge >= 0.3 is 5.97 Å². The molecule has 0 N–H and O–H groups in total. The molecule has 0 spiro atoms. The molecular weight excluding hydrogens is 452 g/mol. The van der Waals surface area contributed by atoms with Crippen LogP contribution in [0.2, 0.25) is 5.02 Å². The third-order valence-corrected chi connectivity index (χ3v) is 7.59. The van der Waals surface area contributed by atoms with E-state index in [9.17, 15) is 18.0 Å².